The predicted octanol–water partition coefficient (Wildman–Crippen LogP) is 2.33. The highest BCUT2D eigenvalue weighted by Crippen LogP contribution is 2.31. The van der Waals surface area contributed by atoms with Gasteiger partial charge in [0.25, 0.3) is 0 Å². The molecule has 1 aliphatic heterocycles. The first kappa shape index (κ1) is 19.2. The van der Waals surface area contributed by atoms with Gasteiger partial charge in [-0.25, -0.2) is 12.8 Å². The van der Waals surface area contributed by atoms with Gasteiger partial charge >= 0.3 is 5.69 Å². The highest BCUT2D eigenvalue weighted by molar-refractivity contribution is 7.89. The summed E-state index contributed by atoms with van der Waals surface area (Å²) in [5.41, 5.74) is 0.169. The molecule has 0 aliphatic carbocycles. The zero-order valence-electron chi connectivity index (χ0n) is 14.2. The maximum Gasteiger partial charge on any atom is 0.312 e. The maximum absolute atomic E-state index is 12.9. The van der Waals surface area contributed by atoms with Crippen LogP contribution in [0.5, 0.6) is 5.75 Å². The van der Waals surface area contributed by atoms with Crippen LogP contribution in [0.1, 0.15) is 5.56 Å². The first-order valence-electron chi connectivity index (χ1n) is 8.11. The number of sulfonamides is 1. The zero-order chi connectivity index (χ0) is 19.4. The Hall–Kier alpha value is -2.56. The molecule has 2 aromatic rings. The highest BCUT2D eigenvalue weighted by Gasteiger charge is 2.29. The molecule has 0 atom stereocenters. The van der Waals surface area contributed by atoms with Crippen LogP contribution in [0, 0.1) is 15.9 Å². The molecule has 2 aromatic carbocycles. The molecular weight excluding hydrogens is 379 g/mol. The molecule has 1 saturated heterocycles. The fraction of sp³-hybridized carbons (Fsp3) is 0.294. The second-order valence-corrected chi connectivity index (χ2v) is 7.76. The van der Waals surface area contributed by atoms with Gasteiger partial charge in [0.15, 0.2) is 5.75 Å². The molecule has 1 fully saturated rings. The smallest absolute Gasteiger partial charge is 0.312 e. The Bertz CT molecular complexity index is 927. The van der Waals surface area contributed by atoms with Gasteiger partial charge in [-0.1, -0.05) is 12.1 Å². The molecule has 8 nitrogen and oxygen atoms in total. The van der Waals surface area contributed by atoms with Gasteiger partial charge in [0.2, 0.25) is 10.0 Å². The third-order valence-electron chi connectivity index (χ3n) is 4.04. The molecule has 3 rings (SSSR count). The first-order chi connectivity index (χ1) is 12.9. The fourth-order valence-corrected chi connectivity index (χ4v) is 4.03. The van der Waals surface area contributed by atoms with Crippen LogP contribution in [0.15, 0.2) is 47.4 Å². The van der Waals surface area contributed by atoms with Gasteiger partial charge in [-0.2, -0.15) is 4.31 Å². The van der Waals surface area contributed by atoms with Crippen molar-refractivity contribution in [1.82, 2.24) is 4.31 Å². The Labute approximate surface area is 155 Å². The van der Waals surface area contributed by atoms with E-state index in [1.165, 1.54) is 40.7 Å². The monoisotopic (exact) mass is 396 g/mol. The van der Waals surface area contributed by atoms with Crippen molar-refractivity contribution in [2.75, 3.05) is 26.3 Å². The fourth-order valence-electron chi connectivity index (χ4n) is 2.60. The van der Waals surface area contributed by atoms with Crippen LogP contribution < -0.4 is 4.74 Å². The Balaban J connectivity index is 1.84. The lowest BCUT2D eigenvalue weighted by Gasteiger charge is -2.26. The quantitative estimate of drug-likeness (QED) is 0.549. The summed E-state index contributed by atoms with van der Waals surface area (Å²) in [6, 6.07) is 9.03. The van der Waals surface area contributed by atoms with Crippen LogP contribution >= 0.6 is 0 Å². The summed E-state index contributed by atoms with van der Waals surface area (Å²) in [7, 11) is -3.86. The lowest BCUT2D eigenvalue weighted by atomic mass is 10.2. The van der Waals surface area contributed by atoms with Crippen LogP contribution in [0.3, 0.4) is 0 Å². The van der Waals surface area contributed by atoms with E-state index in [1.807, 2.05) is 0 Å². The predicted molar refractivity (Wildman–Crippen MR) is 93.4 cm³/mol. The van der Waals surface area contributed by atoms with Gasteiger partial charge in [0.1, 0.15) is 12.4 Å². The molecule has 1 aliphatic rings. The molecule has 0 bridgehead atoms. The number of rotatable bonds is 6. The number of benzene rings is 2. The van der Waals surface area contributed by atoms with Gasteiger partial charge in [0.05, 0.1) is 23.0 Å². The summed E-state index contributed by atoms with van der Waals surface area (Å²) < 4.78 is 50.1. The second kappa shape index (κ2) is 7.99. The zero-order valence-corrected chi connectivity index (χ0v) is 15.0. The average Bonchev–Trinajstić information content (AvgIpc) is 2.68. The van der Waals surface area contributed by atoms with Crippen molar-refractivity contribution in [2.45, 2.75) is 11.5 Å². The second-order valence-electron chi connectivity index (χ2n) is 5.82. The largest absolute Gasteiger partial charge is 0.482 e. The number of nitro benzene ring substituents is 1. The molecule has 10 heteroatoms. The molecule has 0 unspecified atom stereocenters. The molecule has 0 radical (unpaired) electrons. The van der Waals surface area contributed by atoms with Gasteiger partial charge in [-0.05, 0) is 29.8 Å². The Morgan fingerprint density at radius 3 is 2.44 bits per heavy atom. The van der Waals surface area contributed by atoms with E-state index in [0.29, 0.717) is 5.56 Å². The van der Waals surface area contributed by atoms with E-state index in [9.17, 15) is 22.9 Å². The van der Waals surface area contributed by atoms with E-state index in [2.05, 4.69) is 0 Å². The topological polar surface area (TPSA) is 99.0 Å². The van der Waals surface area contributed by atoms with Crippen molar-refractivity contribution in [3.8, 4) is 5.75 Å². The standard InChI is InChI=1S/C17H17FN2O6S/c18-14-3-1-13(2-4-14)12-26-17-6-5-15(11-16(17)20(21)22)27(23,24)19-7-9-25-10-8-19/h1-6,11H,7-10,12H2. The summed E-state index contributed by atoms with van der Waals surface area (Å²) in [6.45, 7) is 0.926. The lowest BCUT2D eigenvalue weighted by molar-refractivity contribution is -0.386. The van der Waals surface area contributed by atoms with Crippen LogP contribution in [0.4, 0.5) is 10.1 Å². The molecule has 27 heavy (non-hydrogen) atoms. The molecule has 0 N–H and O–H groups in total. The number of halogens is 1. The highest BCUT2D eigenvalue weighted by atomic mass is 32.2. The van der Waals surface area contributed by atoms with Crippen LogP contribution in [0.2, 0.25) is 0 Å². The maximum atomic E-state index is 12.9. The normalized spacial score (nSPS) is 15.4. The van der Waals surface area contributed by atoms with Gasteiger partial charge in [-0.3, -0.25) is 10.1 Å². The number of ether oxygens (including phenoxy) is 2. The summed E-state index contributed by atoms with van der Waals surface area (Å²) >= 11 is 0. The SMILES string of the molecule is O=[N+]([O-])c1cc(S(=O)(=O)N2CCOCC2)ccc1OCc1ccc(F)cc1. The van der Waals surface area contributed by atoms with Crippen molar-refractivity contribution in [3.05, 3.63) is 64.0 Å². The molecule has 144 valence electrons. The van der Waals surface area contributed by atoms with Crippen LogP contribution in [-0.4, -0.2) is 43.9 Å². The van der Waals surface area contributed by atoms with Crippen LogP contribution in [0.25, 0.3) is 0 Å². The molecular formula is C17H17FN2O6S. The Morgan fingerprint density at radius 1 is 1.15 bits per heavy atom. The minimum Gasteiger partial charge on any atom is -0.482 e. The van der Waals surface area contributed by atoms with E-state index in [1.54, 1.807) is 0 Å². The third-order valence-corrected chi connectivity index (χ3v) is 5.94. The number of nitrogens with zero attached hydrogens (tertiary/aromatic N) is 2. The van der Waals surface area contributed by atoms with E-state index in [4.69, 9.17) is 9.47 Å². The first-order valence-corrected chi connectivity index (χ1v) is 9.55. The molecule has 0 saturated carbocycles. The molecule has 1 heterocycles. The minimum absolute atomic E-state index is 0.0172. The van der Waals surface area contributed by atoms with Crippen molar-refractivity contribution in [1.29, 1.82) is 0 Å². The van der Waals surface area contributed by atoms with Crippen molar-refractivity contribution in [3.63, 3.8) is 0 Å². The average molecular weight is 396 g/mol. The van der Waals surface area contributed by atoms with Crippen molar-refractivity contribution in [2.24, 2.45) is 0 Å². The summed E-state index contributed by atoms with van der Waals surface area (Å²) in [6.07, 6.45) is 0. The Kier molecular flexibility index (Phi) is 5.68. The number of hydrogen-bond donors (Lipinski definition) is 0. The van der Waals surface area contributed by atoms with E-state index in [-0.39, 0.29) is 43.6 Å². The summed E-state index contributed by atoms with van der Waals surface area (Å²) in [5.74, 6) is -0.465. The van der Waals surface area contributed by atoms with Gasteiger partial charge in [0, 0.05) is 19.2 Å². The Morgan fingerprint density at radius 2 is 1.81 bits per heavy atom. The number of nitro groups is 1. The molecule has 0 amide bonds. The lowest BCUT2D eigenvalue weighted by Crippen LogP contribution is -2.40. The molecule has 0 spiro atoms. The van der Waals surface area contributed by atoms with E-state index < -0.39 is 26.5 Å². The minimum atomic E-state index is -3.86. The van der Waals surface area contributed by atoms with Gasteiger partial charge < -0.3 is 9.47 Å². The van der Waals surface area contributed by atoms with E-state index >= 15 is 0 Å². The summed E-state index contributed by atoms with van der Waals surface area (Å²) in [5, 5.41) is 11.4. The van der Waals surface area contributed by atoms with Gasteiger partial charge in [-0.15, -0.1) is 0 Å². The van der Waals surface area contributed by atoms with E-state index in [0.717, 1.165) is 6.07 Å². The number of hydrogen-bond acceptors (Lipinski definition) is 6. The van der Waals surface area contributed by atoms with Crippen LogP contribution in [-0.2, 0) is 21.4 Å². The third kappa shape index (κ3) is 4.41. The van der Waals surface area contributed by atoms with Crippen molar-refractivity contribution >= 4 is 15.7 Å². The van der Waals surface area contributed by atoms with Crippen molar-refractivity contribution < 1.29 is 27.2 Å². The summed E-state index contributed by atoms with van der Waals surface area (Å²) in [4.78, 5) is 10.5. The molecule has 0 aromatic heterocycles. The number of morpholine rings is 1.